The Morgan fingerprint density at radius 1 is 0.970 bits per heavy atom. The molecule has 0 heterocycles. The van der Waals surface area contributed by atoms with E-state index in [0.717, 1.165) is 22.3 Å². The molecule has 0 radical (unpaired) electrons. The molecule has 3 aromatic carbocycles. The summed E-state index contributed by atoms with van der Waals surface area (Å²) in [6.07, 6.45) is 3.55. The largest absolute Gasteiger partial charge is 0.271 e. The third-order valence-electron chi connectivity index (χ3n) is 4.98. The first-order valence-corrected chi connectivity index (χ1v) is 11.9. The fraction of sp³-hybridized carbons (Fsp3) is 0.154. The van der Waals surface area contributed by atoms with Crippen molar-refractivity contribution in [1.82, 2.24) is 9.73 Å². The number of amides is 1. The van der Waals surface area contributed by atoms with Crippen LogP contribution in [0.1, 0.15) is 34.0 Å². The first-order chi connectivity index (χ1) is 15.8. The van der Waals surface area contributed by atoms with Gasteiger partial charge in [-0.15, -0.1) is 0 Å². The highest BCUT2D eigenvalue weighted by Crippen LogP contribution is 2.17. The molecule has 33 heavy (non-hydrogen) atoms. The van der Waals surface area contributed by atoms with Crippen molar-refractivity contribution in [2.45, 2.75) is 25.3 Å². The zero-order valence-electron chi connectivity index (χ0n) is 18.9. The average Bonchev–Trinajstić information content (AvgIpc) is 2.80. The highest BCUT2D eigenvalue weighted by atomic mass is 32.2. The smallest absolute Gasteiger partial charge is 0.267 e. The second-order valence-electron chi connectivity index (χ2n) is 7.77. The lowest BCUT2D eigenvalue weighted by Gasteiger charge is -2.17. The minimum atomic E-state index is -3.59. The van der Waals surface area contributed by atoms with Crippen molar-refractivity contribution in [3.8, 4) is 0 Å². The zero-order chi connectivity index (χ0) is 23.8. The molecule has 1 amide bonds. The molecule has 3 aromatic rings. The summed E-state index contributed by atoms with van der Waals surface area (Å²) in [7, 11) is -2.06. The predicted molar refractivity (Wildman–Crippen MR) is 132 cm³/mol. The van der Waals surface area contributed by atoms with Crippen molar-refractivity contribution in [2.24, 2.45) is 5.10 Å². The molecular formula is C26H27N3O3S. The molecule has 0 unspecified atom stereocenters. The lowest BCUT2D eigenvalue weighted by molar-refractivity contribution is 0.0955. The molecule has 0 aromatic heterocycles. The number of rotatable bonds is 8. The van der Waals surface area contributed by atoms with Crippen LogP contribution in [-0.2, 0) is 16.6 Å². The van der Waals surface area contributed by atoms with Crippen LogP contribution in [0.3, 0.4) is 0 Å². The number of aryl methyl sites for hydroxylation is 1. The van der Waals surface area contributed by atoms with E-state index in [1.807, 2.05) is 50.3 Å². The molecule has 0 spiro atoms. The maximum Gasteiger partial charge on any atom is 0.271 e. The topological polar surface area (TPSA) is 78.8 Å². The number of carbonyl (C=O) groups excluding carboxylic acids is 1. The number of benzene rings is 3. The summed E-state index contributed by atoms with van der Waals surface area (Å²) in [6.45, 7) is 4.00. The Kier molecular flexibility index (Phi) is 7.92. The second kappa shape index (κ2) is 10.8. The van der Waals surface area contributed by atoms with Crippen LogP contribution in [0.2, 0.25) is 0 Å². The fourth-order valence-electron chi connectivity index (χ4n) is 3.10. The molecule has 0 saturated carbocycles. The third kappa shape index (κ3) is 6.71. The number of hydrazone groups is 1. The first-order valence-electron chi connectivity index (χ1n) is 10.4. The van der Waals surface area contributed by atoms with Gasteiger partial charge in [0.25, 0.3) is 5.91 Å². The highest BCUT2D eigenvalue weighted by molar-refractivity contribution is 7.89. The summed E-state index contributed by atoms with van der Waals surface area (Å²) >= 11 is 0. The van der Waals surface area contributed by atoms with Crippen molar-refractivity contribution < 1.29 is 13.2 Å². The van der Waals surface area contributed by atoms with E-state index in [9.17, 15) is 13.2 Å². The van der Waals surface area contributed by atoms with Crippen molar-refractivity contribution in [1.29, 1.82) is 0 Å². The number of allylic oxidation sites excluding steroid dienone is 1. The number of hydrogen-bond donors (Lipinski definition) is 1. The Morgan fingerprint density at radius 2 is 1.61 bits per heavy atom. The van der Waals surface area contributed by atoms with Gasteiger partial charge in [-0.3, -0.25) is 4.79 Å². The van der Waals surface area contributed by atoms with E-state index in [1.165, 1.54) is 11.4 Å². The third-order valence-corrected chi connectivity index (χ3v) is 6.80. The quantitative estimate of drug-likeness (QED) is 0.392. The van der Waals surface area contributed by atoms with Gasteiger partial charge in [0.2, 0.25) is 10.0 Å². The molecule has 0 fully saturated rings. The average molecular weight is 462 g/mol. The molecule has 0 aliphatic heterocycles. The molecule has 0 saturated heterocycles. The SMILES string of the molecule is CC(/C=N\NC(=O)c1ccc(CN(C)S(=O)(=O)c2ccc(C)cc2)cc1)=C\c1ccccc1. The van der Waals surface area contributed by atoms with E-state index in [1.54, 1.807) is 54.7 Å². The minimum Gasteiger partial charge on any atom is -0.267 e. The second-order valence-corrected chi connectivity index (χ2v) is 9.81. The summed E-state index contributed by atoms with van der Waals surface area (Å²) < 4.78 is 26.8. The zero-order valence-corrected chi connectivity index (χ0v) is 19.7. The van der Waals surface area contributed by atoms with E-state index < -0.39 is 10.0 Å². The van der Waals surface area contributed by atoms with Gasteiger partial charge in [-0.25, -0.2) is 13.8 Å². The van der Waals surface area contributed by atoms with E-state index in [-0.39, 0.29) is 17.3 Å². The number of carbonyl (C=O) groups is 1. The van der Waals surface area contributed by atoms with Crippen LogP contribution < -0.4 is 5.43 Å². The van der Waals surface area contributed by atoms with Crippen LogP contribution in [0.5, 0.6) is 0 Å². The lowest BCUT2D eigenvalue weighted by Crippen LogP contribution is -2.26. The van der Waals surface area contributed by atoms with Crippen LogP contribution in [0.25, 0.3) is 6.08 Å². The van der Waals surface area contributed by atoms with E-state index >= 15 is 0 Å². The minimum absolute atomic E-state index is 0.194. The molecule has 0 bridgehead atoms. The molecular weight excluding hydrogens is 434 g/mol. The standard InChI is InChI=1S/C26H27N3O3S/c1-20-9-15-25(16-10-20)33(31,32)29(3)19-23-11-13-24(14-12-23)26(30)28-27-18-21(2)17-22-7-5-4-6-8-22/h4-18H,19H2,1-3H3,(H,28,30)/b21-17+,27-18-. The Morgan fingerprint density at radius 3 is 2.24 bits per heavy atom. The Balaban J connectivity index is 1.58. The van der Waals surface area contributed by atoms with Crippen molar-refractivity contribution in [3.63, 3.8) is 0 Å². The Hall–Kier alpha value is -3.55. The molecule has 0 aliphatic carbocycles. The van der Waals surface area contributed by atoms with Gasteiger partial charge in [0.15, 0.2) is 0 Å². The van der Waals surface area contributed by atoms with Gasteiger partial charge in [-0.2, -0.15) is 9.41 Å². The Labute approximate surface area is 195 Å². The van der Waals surface area contributed by atoms with E-state index in [0.29, 0.717) is 5.56 Å². The summed E-state index contributed by atoms with van der Waals surface area (Å²) in [5.74, 6) is -0.342. The van der Waals surface area contributed by atoms with Crippen LogP contribution in [-0.4, -0.2) is 31.9 Å². The predicted octanol–water partition coefficient (Wildman–Crippen LogP) is 4.63. The van der Waals surface area contributed by atoms with Crippen LogP contribution >= 0.6 is 0 Å². The van der Waals surface area contributed by atoms with Crippen molar-refractivity contribution in [2.75, 3.05) is 7.05 Å². The molecule has 170 valence electrons. The normalized spacial score (nSPS) is 12.3. The maximum atomic E-state index is 12.8. The molecule has 3 rings (SSSR count). The van der Waals surface area contributed by atoms with Gasteiger partial charge in [0.1, 0.15) is 0 Å². The number of nitrogens with zero attached hydrogens (tertiary/aromatic N) is 2. The molecule has 7 heteroatoms. The van der Waals surface area contributed by atoms with Crippen LogP contribution in [0.15, 0.2) is 94.4 Å². The van der Waals surface area contributed by atoms with E-state index in [4.69, 9.17) is 0 Å². The number of nitrogens with one attached hydrogen (secondary N) is 1. The van der Waals surface area contributed by atoms with E-state index in [2.05, 4.69) is 10.5 Å². The Bertz CT molecular complexity index is 1250. The summed E-state index contributed by atoms with van der Waals surface area (Å²) in [5, 5.41) is 4.01. The molecule has 0 aliphatic rings. The monoisotopic (exact) mass is 461 g/mol. The summed E-state index contributed by atoms with van der Waals surface area (Å²) in [6, 6.07) is 23.4. The fourth-order valence-corrected chi connectivity index (χ4v) is 4.26. The van der Waals surface area contributed by atoms with Gasteiger partial charge >= 0.3 is 0 Å². The van der Waals surface area contributed by atoms with Gasteiger partial charge in [-0.05, 0) is 54.8 Å². The first kappa shape index (κ1) is 24.1. The van der Waals surface area contributed by atoms with Crippen molar-refractivity contribution in [3.05, 3.63) is 107 Å². The number of sulfonamides is 1. The van der Waals surface area contributed by atoms with Gasteiger partial charge < -0.3 is 0 Å². The summed E-state index contributed by atoms with van der Waals surface area (Å²) in [5.41, 5.74) is 6.67. The summed E-state index contributed by atoms with van der Waals surface area (Å²) in [4.78, 5) is 12.6. The molecule has 1 N–H and O–H groups in total. The number of hydrogen-bond acceptors (Lipinski definition) is 4. The molecule has 6 nitrogen and oxygen atoms in total. The van der Waals surface area contributed by atoms with Gasteiger partial charge in [0, 0.05) is 19.2 Å². The van der Waals surface area contributed by atoms with Crippen molar-refractivity contribution >= 4 is 28.2 Å². The highest BCUT2D eigenvalue weighted by Gasteiger charge is 2.20. The maximum absolute atomic E-state index is 12.8. The lowest BCUT2D eigenvalue weighted by atomic mass is 10.1. The molecule has 0 atom stereocenters. The van der Waals surface area contributed by atoms with Crippen LogP contribution in [0, 0.1) is 6.92 Å². The van der Waals surface area contributed by atoms with Gasteiger partial charge in [0.05, 0.1) is 11.1 Å². The van der Waals surface area contributed by atoms with Gasteiger partial charge in [-0.1, -0.05) is 66.2 Å². The van der Waals surface area contributed by atoms with Crippen LogP contribution in [0.4, 0.5) is 0 Å².